The topological polar surface area (TPSA) is 87.2 Å². The Balaban J connectivity index is 1.68. The Kier molecular flexibility index (Phi) is 6.48. The van der Waals surface area contributed by atoms with Gasteiger partial charge in [-0.05, 0) is 18.1 Å². The van der Waals surface area contributed by atoms with Gasteiger partial charge in [-0.15, -0.1) is 11.8 Å². The molecule has 4 heterocycles. The second-order valence-corrected chi connectivity index (χ2v) is 11.5. The van der Waals surface area contributed by atoms with E-state index >= 15 is 0 Å². The molecule has 2 saturated heterocycles. The van der Waals surface area contributed by atoms with Gasteiger partial charge in [-0.3, -0.25) is 14.4 Å². The lowest BCUT2D eigenvalue weighted by Gasteiger charge is -2.40. The SMILES string of the molecule is CC[C@H](C)[C@H](CO)N1C(=O)[C@@H]2[C@H]3C(=O)OCC=C[C@H]3S[C@@]23C=CCN(c2ccccc2Cl)C(=O)C13. The third-order valence-corrected chi connectivity index (χ3v) is 9.90. The average molecular weight is 517 g/mol. The van der Waals surface area contributed by atoms with Gasteiger partial charge in [0, 0.05) is 11.8 Å². The number of carbonyl (C=O) groups excluding carboxylic acids is 3. The van der Waals surface area contributed by atoms with E-state index in [4.69, 9.17) is 16.3 Å². The van der Waals surface area contributed by atoms with Crippen molar-refractivity contribution in [2.75, 3.05) is 24.7 Å². The fourth-order valence-corrected chi connectivity index (χ4v) is 8.19. The minimum absolute atomic E-state index is 0.0459. The van der Waals surface area contributed by atoms with Crippen LogP contribution in [-0.4, -0.2) is 69.6 Å². The van der Waals surface area contributed by atoms with E-state index in [0.717, 1.165) is 6.42 Å². The second kappa shape index (κ2) is 9.30. The Morgan fingerprint density at radius 1 is 1.23 bits per heavy atom. The Bertz CT molecular complexity index is 1110. The van der Waals surface area contributed by atoms with E-state index in [1.807, 2.05) is 38.1 Å². The van der Waals surface area contributed by atoms with Crippen molar-refractivity contribution in [1.29, 1.82) is 0 Å². The molecule has 7 nitrogen and oxygen atoms in total. The first-order valence-corrected chi connectivity index (χ1v) is 13.3. The number of hydrogen-bond acceptors (Lipinski definition) is 6. The van der Waals surface area contributed by atoms with E-state index in [2.05, 4.69) is 0 Å². The number of aliphatic hydroxyl groups excluding tert-OH is 1. The summed E-state index contributed by atoms with van der Waals surface area (Å²) in [4.78, 5) is 44.8. The number of carbonyl (C=O) groups is 3. The van der Waals surface area contributed by atoms with Crippen LogP contribution in [0.1, 0.15) is 20.3 Å². The maximum absolute atomic E-state index is 14.4. The maximum Gasteiger partial charge on any atom is 0.311 e. The lowest BCUT2D eigenvalue weighted by atomic mass is 9.78. The molecule has 1 spiro atoms. The van der Waals surface area contributed by atoms with Crippen LogP contribution in [0.3, 0.4) is 0 Å². The van der Waals surface area contributed by atoms with Gasteiger partial charge in [0.2, 0.25) is 5.91 Å². The number of amides is 2. The number of fused-ring (bicyclic) bond motifs is 2. The molecule has 7 atom stereocenters. The summed E-state index contributed by atoms with van der Waals surface area (Å²) in [7, 11) is 0. The highest BCUT2D eigenvalue weighted by molar-refractivity contribution is 8.02. The van der Waals surface area contributed by atoms with Crippen LogP contribution in [0.25, 0.3) is 0 Å². The van der Waals surface area contributed by atoms with E-state index in [1.54, 1.807) is 34.1 Å². The molecule has 0 aromatic heterocycles. The summed E-state index contributed by atoms with van der Waals surface area (Å²) in [5.41, 5.74) is 0.567. The number of ether oxygens (including phenoxy) is 1. The van der Waals surface area contributed by atoms with Crippen molar-refractivity contribution in [3.63, 3.8) is 0 Å². The maximum atomic E-state index is 14.4. The van der Waals surface area contributed by atoms with Gasteiger partial charge in [-0.25, -0.2) is 0 Å². The number of hydrogen-bond donors (Lipinski definition) is 1. The van der Waals surface area contributed by atoms with Crippen LogP contribution in [0.4, 0.5) is 5.69 Å². The van der Waals surface area contributed by atoms with Crippen LogP contribution in [0.2, 0.25) is 5.02 Å². The van der Waals surface area contributed by atoms with Crippen molar-refractivity contribution >= 4 is 46.8 Å². The van der Waals surface area contributed by atoms with E-state index in [9.17, 15) is 19.5 Å². The summed E-state index contributed by atoms with van der Waals surface area (Å²) in [6.07, 6.45) is 8.30. The van der Waals surface area contributed by atoms with Crippen molar-refractivity contribution < 1.29 is 24.2 Å². The first-order chi connectivity index (χ1) is 16.9. The molecule has 4 aliphatic rings. The molecule has 5 rings (SSSR count). The molecule has 0 aliphatic carbocycles. The largest absolute Gasteiger partial charge is 0.461 e. The lowest BCUT2D eigenvalue weighted by molar-refractivity contribution is -0.152. The zero-order valence-corrected chi connectivity index (χ0v) is 21.2. The van der Waals surface area contributed by atoms with E-state index in [1.165, 1.54) is 11.8 Å². The molecule has 2 fully saturated rings. The summed E-state index contributed by atoms with van der Waals surface area (Å²) in [5, 5.41) is 10.6. The minimum Gasteiger partial charge on any atom is -0.461 e. The molecule has 1 unspecified atom stereocenters. The Labute approximate surface area is 214 Å². The molecule has 1 aromatic rings. The van der Waals surface area contributed by atoms with Gasteiger partial charge < -0.3 is 19.6 Å². The van der Waals surface area contributed by atoms with E-state index in [0.29, 0.717) is 17.3 Å². The molecule has 1 N–H and O–H groups in total. The number of likely N-dealkylation sites (tertiary alicyclic amines) is 1. The van der Waals surface area contributed by atoms with Crippen LogP contribution in [0, 0.1) is 17.8 Å². The summed E-state index contributed by atoms with van der Waals surface area (Å²) >= 11 is 7.97. The van der Waals surface area contributed by atoms with Gasteiger partial charge in [-0.2, -0.15) is 0 Å². The number of anilines is 1. The highest BCUT2D eigenvalue weighted by Crippen LogP contribution is 2.61. The van der Waals surface area contributed by atoms with Gasteiger partial charge >= 0.3 is 5.97 Å². The van der Waals surface area contributed by atoms with Crippen molar-refractivity contribution in [1.82, 2.24) is 4.90 Å². The highest BCUT2D eigenvalue weighted by Gasteiger charge is 2.72. The number of rotatable bonds is 5. The van der Waals surface area contributed by atoms with Gasteiger partial charge in [0.05, 0.1) is 39.9 Å². The van der Waals surface area contributed by atoms with Crippen LogP contribution in [-0.2, 0) is 19.1 Å². The molecule has 0 bridgehead atoms. The lowest BCUT2D eigenvalue weighted by Crippen LogP contribution is -2.58. The highest BCUT2D eigenvalue weighted by atomic mass is 35.5. The zero-order chi connectivity index (χ0) is 24.9. The standard InChI is InChI=1S/C26H29ClN2O5S/c1-3-15(2)18(14-30)29-22-24(32)28(17-9-5-4-8-16(17)27)12-7-11-26(22)21(23(29)31)20-19(35-26)10-6-13-34-25(20)33/h4-11,15,18-22,30H,3,12-14H2,1-2H3/t15-,18-,19+,20-,21-,22?,26-/m0/s1. The monoisotopic (exact) mass is 516 g/mol. The number of cyclic esters (lactones) is 1. The number of benzene rings is 1. The first-order valence-electron chi connectivity index (χ1n) is 12.0. The van der Waals surface area contributed by atoms with Gasteiger partial charge in [0.15, 0.2) is 0 Å². The average Bonchev–Trinajstić information content (AvgIpc) is 3.15. The first kappa shape index (κ1) is 24.4. The number of nitrogens with zero attached hydrogens (tertiary/aromatic N) is 2. The molecule has 186 valence electrons. The zero-order valence-electron chi connectivity index (χ0n) is 19.7. The smallest absolute Gasteiger partial charge is 0.311 e. The number of esters is 1. The predicted molar refractivity (Wildman–Crippen MR) is 135 cm³/mol. The third-order valence-electron chi connectivity index (χ3n) is 7.84. The van der Waals surface area contributed by atoms with E-state index in [-0.39, 0.29) is 36.2 Å². The summed E-state index contributed by atoms with van der Waals surface area (Å²) in [6, 6.07) is 5.69. The van der Waals surface area contributed by atoms with Gasteiger partial charge in [-0.1, -0.05) is 68.3 Å². The molecule has 9 heteroatoms. The fraction of sp³-hybridized carbons (Fsp3) is 0.500. The summed E-state index contributed by atoms with van der Waals surface area (Å²) in [6.45, 7) is 4.16. The van der Waals surface area contributed by atoms with Crippen LogP contribution >= 0.6 is 23.4 Å². The summed E-state index contributed by atoms with van der Waals surface area (Å²) in [5.74, 6) is -2.46. The van der Waals surface area contributed by atoms with Crippen LogP contribution in [0.15, 0.2) is 48.6 Å². The van der Waals surface area contributed by atoms with Gasteiger partial charge in [0.1, 0.15) is 12.6 Å². The molecule has 0 radical (unpaired) electrons. The Morgan fingerprint density at radius 3 is 2.71 bits per heavy atom. The molecule has 4 aliphatic heterocycles. The molecule has 35 heavy (non-hydrogen) atoms. The molecular formula is C26H29ClN2O5S. The van der Waals surface area contributed by atoms with Crippen molar-refractivity contribution in [2.24, 2.45) is 17.8 Å². The molecular weight excluding hydrogens is 488 g/mol. The summed E-state index contributed by atoms with van der Waals surface area (Å²) < 4.78 is 4.45. The predicted octanol–water partition coefficient (Wildman–Crippen LogP) is 3.06. The Morgan fingerprint density at radius 2 is 2.00 bits per heavy atom. The van der Waals surface area contributed by atoms with Crippen molar-refractivity contribution in [3.05, 3.63) is 53.6 Å². The second-order valence-electron chi connectivity index (χ2n) is 9.58. The van der Waals surface area contributed by atoms with Gasteiger partial charge in [0.25, 0.3) is 5.91 Å². The fourth-order valence-electron chi connectivity index (χ4n) is 5.97. The molecule has 2 amide bonds. The minimum atomic E-state index is -0.957. The number of aliphatic hydroxyl groups is 1. The number of para-hydroxylation sites is 1. The molecule has 0 saturated carbocycles. The van der Waals surface area contributed by atoms with Crippen LogP contribution in [0.5, 0.6) is 0 Å². The van der Waals surface area contributed by atoms with Crippen molar-refractivity contribution in [2.45, 2.75) is 42.3 Å². The molecule has 1 aromatic carbocycles. The third kappa shape index (κ3) is 3.64. The van der Waals surface area contributed by atoms with Crippen LogP contribution < -0.4 is 4.90 Å². The number of halogens is 1. The number of thioether (sulfide) groups is 1. The normalized spacial score (nSPS) is 33.5. The van der Waals surface area contributed by atoms with E-state index < -0.39 is 34.6 Å². The Hall–Kier alpha value is -2.29. The quantitative estimate of drug-likeness (QED) is 0.478. The van der Waals surface area contributed by atoms with Crippen molar-refractivity contribution in [3.8, 4) is 0 Å².